The highest BCUT2D eigenvalue weighted by Crippen LogP contribution is 2.20. The minimum absolute atomic E-state index is 0.0479. The maximum absolute atomic E-state index is 13.6. The summed E-state index contributed by atoms with van der Waals surface area (Å²) in [6.07, 6.45) is 0. The highest BCUT2D eigenvalue weighted by Gasteiger charge is 2.15. The summed E-state index contributed by atoms with van der Waals surface area (Å²) >= 11 is 4.76. The van der Waals surface area contributed by atoms with Crippen LogP contribution in [0.3, 0.4) is 0 Å². The molecule has 2 rings (SSSR count). The van der Waals surface area contributed by atoms with Crippen LogP contribution in [0.25, 0.3) is 0 Å². The molecular weight excluding hydrogens is 317 g/mol. The molecule has 94 valence electrons. The fourth-order valence-electron chi connectivity index (χ4n) is 1.55. The van der Waals surface area contributed by atoms with Gasteiger partial charge in [-0.05, 0) is 52.0 Å². The molecule has 1 amide bonds. The average molecular weight is 328 g/mol. The highest BCUT2D eigenvalue weighted by atomic mass is 79.9. The van der Waals surface area contributed by atoms with Gasteiger partial charge >= 0.3 is 0 Å². The van der Waals surface area contributed by atoms with Crippen molar-refractivity contribution in [1.82, 2.24) is 5.32 Å². The molecule has 5 heteroatoms. The molecule has 2 aromatic rings. The van der Waals surface area contributed by atoms with Crippen LogP contribution in [-0.4, -0.2) is 5.91 Å². The van der Waals surface area contributed by atoms with E-state index in [-0.39, 0.29) is 5.56 Å². The Balaban J connectivity index is 2.11. The minimum Gasteiger partial charge on any atom is -0.347 e. The van der Waals surface area contributed by atoms with Crippen LogP contribution in [0.5, 0.6) is 0 Å². The van der Waals surface area contributed by atoms with E-state index in [9.17, 15) is 9.18 Å². The van der Waals surface area contributed by atoms with Crippen molar-refractivity contribution in [3.05, 3.63) is 55.9 Å². The number of thiophene rings is 1. The Kier molecular flexibility index (Phi) is 4.14. The van der Waals surface area contributed by atoms with Gasteiger partial charge in [-0.2, -0.15) is 0 Å². The lowest BCUT2D eigenvalue weighted by molar-refractivity contribution is 0.0946. The number of hydrogen-bond donors (Lipinski definition) is 1. The van der Waals surface area contributed by atoms with E-state index >= 15 is 0 Å². The summed E-state index contributed by atoms with van der Waals surface area (Å²) in [5, 5.41) is 4.69. The molecule has 0 spiro atoms. The predicted molar refractivity (Wildman–Crippen MR) is 74.3 cm³/mol. The van der Waals surface area contributed by atoms with Gasteiger partial charge in [-0.1, -0.05) is 6.07 Å². The van der Waals surface area contributed by atoms with E-state index < -0.39 is 11.7 Å². The Morgan fingerprint density at radius 2 is 2.22 bits per heavy atom. The van der Waals surface area contributed by atoms with Crippen molar-refractivity contribution in [1.29, 1.82) is 0 Å². The third-order valence-corrected chi connectivity index (χ3v) is 4.25. The van der Waals surface area contributed by atoms with Gasteiger partial charge in [0.2, 0.25) is 0 Å². The monoisotopic (exact) mass is 327 g/mol. The number of benzene rings is 1. The number of carbonyl (C=O) groups is 1. The number of carbonyl (C=O) groups excluding carboxylic acids is 1. The lowest BCUT2D eigenvalue weighted by atomic mass is 10.2. The van der Waals surface area contributed by atoms with Gasteiger partial charge < -0.3 is 5.32 Å². The van der Waals surface area contributed by atoms with Gasteiger partial charge in [0.05, 0.1) is 12.1 Å². The van der Waals surface area contributed by atoms with Crippen LogP contribution in [-0.2, 0) is 6.54 Å². The van der Waals surface area contributed by atoms with Crippen molar-refractivity contribution >= 4 is 33.2 Å². The second kappa shape index (κ2) is 5.63. The van der Waals surface area contributed by atoms with Crippen LogP contribution in [0.4, 0.5) is 4.39 Å². The van der Waals surface area contributed by atoms with Gasteiger partial charge in [0.25, 0.3) is 5.91 Å². The van der Waals surface area contributed by atoms with Crippen molar-refractivity contribution in [2.45, 2.75) is 13.5 Å². The normalized spacial score (nSPS) is 10.4. The van der Waals surface area contributed by atoms with E-state index in [1.807, 2.05) is 18.4 Å². The molecule has 1 N–H and O–H groups in total. The van der Waals surface area contributed by atoms with E-state index in [4.69, 9.17) is 0 Å². The van der Waals surface area contributed by atoms with E-state index in [1.54, 1.807) is 23.5 Å². The molecule has 0 fully saturated rings. The summed E-state index contributed by atoms with van der Waals surface area (Å²) in [6, 6.07) is 6.47. The van der Waals surface area contributed by atoms with Crippen LogP contribution in [0, 0.1) is 12.7 Å². The molecule has 0 atom stereocenters. The second-order valence-corrected chi connectivity index (χ2v) is 5.66. The van der Waals surface area contributed by atoms with Gasteiger partial charge in [0.1, 0.15) is 5.82 Å². The number of rotatable bonds is 3. The summed E-state index contributed by atoms with van der Waals surface area (Å²) in [5.74, 6) is -0.933. The summed E-state index contributed by atoms with van der Waals surface area (Å²) < 4.78 is 14.0. The first kappa shape index (κ1) is 13.2. The van der Waals surface area contributed by atoms with Crippen LogP contribution in [0.15, 0.2) is 34.1 Å². The topological polar surface area (TPSA) is 29.1 Å². The standard InChI is InChI=1S/C13H11BrFNOS/c1-8-5-6-18-11(8)7-16-13(17)12-9(14)3-2-4-10(12)15/h2-6H,7H2,1H3,(H,16,17). The van der Waals surface area contributed by atoms with Crippen LogP contribution >= 0.6 is 27.3 Å². The number of amides is 1. The molecule has 0 saturated carbocycles. The summed E-state index contributed by atoms with van der Waals surface area (Å²) in [5.41, 5.74) is 1.18. The SMILES string of the molecule is Cc1ccsc1CNC(=O)c1c(F)cccc1Br. The van der Waals surface area contributed by atoms with Gasteiger partial charge in [-0.3, -0.25) is 4.79 Å². The molecule has 0 aliphatic carbocycles. The third kappa shape index (κ3) is 2.79. The maximum Gasteiger partial charge on any atom is 0.255 e. The summed E-state index contributed by atoms with van der Waals surface area (Å²) in [7, 11) is 0. The summed E-state index contributed by atoms with van der Waals surface area (Å²) in [4.78, 5) is 13.0. The van der Waals surface area contributed by atoms with E-state index in [0.29, 0.717) is 11.0 Å². The Morgan fingerprint density at radius 3 is 2.83 bits per heavy atom. The van der Waals surface area contributed by atoms with Crippen molar-refractivity contribution in [2.24, 2.45) is 0 Å². The first-order chi connectivity index (χ1) is 8.59. The molecule has 1 heterocycles. The lowest BCUT2D eigenvalue weighted by Crippen LogP contribution is -2.24. The number of aryl methyl sites for hydroxylation is 1. The molecule has 0 bridgehead atoms. The molecule has 1 aromatic carbocycles. The molecule has 0 saturated heterocycles. The number of hydrogen-bond acceptors (Lipinski definition) is 2. The minimum atomic E-state index is -0.523. The van der Waals surface area contributed by atoms with Crippen LogP contribution in [0.2, 0.25) is 0 Å². The quantitative estimate of drug-likeness (QED) is 0.910. The zero-order valence-electron chi connectivity index (χ0n) is 9.67. The smallest absolute Gasteiger partial charge is 0.255 e. The Labute approximate surface area is 117 Å². The first-order valence-corrected chi connectivity index (χ1v) is 7.02. The van der Waals surface area contributed by atoms with E-state index in [1.165, 1.54) is 6.07 Å². The zero-order valence-corrected chi connectivity index (χ0v) is 12.1. The Hall–Kier alpha value is -1.20. The zero-order chi connectivity index (χ0) is 13.1. The van der Waals surface area contributed by atoms with Crippen molar-refractivity contribution in [3.8, 4) is 0 Å². The average Bonchev–Trinajstić information content (AvgIpc) is 2.72. The predicted octanol–water partition coefficient (Wildman–Crippen LogP) is 3.89. The lowest BCUT2D eigenvalue weighted by Gasteiger charge is -2.07. The molecule has 2 nitrogen and oxygen atoms in total. The second-order valence-electron chi connectivity index (χ2n) is 3.81. The molecule has 0 unspecified atom stereocenters. The molecule has 0 aliphatic rings. The van der Waals surface area contributed by atoms with Gasteiger partial charge in [-0.25, -0.2) is 4.39 Å². The van der Waals surface area contributed by atoms with E-state index in [0.717, 1.165) is 10.4 Å². The third-order valence-electron chi connectivity index (χ3n) is 2.57. The van der Waals surface area contributed by atoms with Gasteiger partial charge in [-0.15, -0.1) is 11.3 Å². The van der Waals surface area contributed by atoms with Crippen LogP contribution < -0.4 is 5.32 Å². The van der Waals surface area contributed by atoms with Crippen LogP contribution in [0.1, 0.15) is 20.8 Å². The van der Waals surface area contributed by atoms with Gasteiger partial charge in [0.15, 0.2) is 0 Å². The fourth-order valence-corrected chi connectivity index (χ4v) is 2.92. The molecule has 18 heavy (non-hydrogen) atoms. The van der Waals surface area contributed by atoms with Crippen molar-refractivity contribution in [2.75, 3.05) is 0 Å². The number of halogens is 2. The molecule has 0 aliphatic heterocycles. The first-order valence-electron chi connectivity index (χ1n) is 5.35. The fraction of sp³-hybridized carbons (Fsp3) is 0.154. The summed E-state index contributed by atoms with van der Waals surface area (Å²) in [6.45, 7) is 2.40. The largest absolute Gasteiger partial charge is 0.347 e. The highest BCUT2D eigenvalue weighted by molar-refractivity contribution is 9.10. The van der Waals surface area contributed by atoms with E-state index in [2.05, 4.69) is 21.2 Å². The molecular formula is C13H11BrFNOS. The van der Waals surface area contributed by atoms with Gasteiger partial charge in [0, 0.05) is 9.35 Å². The maximum atomic E-state index is 13.6. The number of nitrogens with one attached hydrogen (secondary N) is 1. The molecule has 0 radical (unpaired) electrons. The van der Waals surface area contributed by atoms with Crippen molar-refractivity contribution < 1.29 is 9.18 Å². The molecule has 1 aromatic heterocycles. The Bertz CT molecular complexity index is 562. The Morgan fingerprint density at radius 1 is 1.44 bits per heavy atom. The van der Waals surface area contributed by atoms with Crippen molar-refractivity contribution in [3.63, 3.8) is 0 Å².